The molecule has 0 atom stereocenters. The summed E-state index contributed by atoms with van der Waals surface area (Å²) in [6, 6.07) is 10.7. The molecule has 1 saturated heterocycles. The van der Waals surface area contributed by atoms with Crippen LogP contribution in [-0.4, -0.2) is 53.2 Å². The first-order valence-corrected chi connectivity index (χ1v) is 8.99. The zero-order chi connectivity index (χ0) is 18.5. The lowest BCUT2D eigenvalue weighted by Crippen LogP contribution is -2.39. The molecule has 0 bridgehead atoms. The van der Waals surface area contributed by atoms with Crippen LogP contribution in [0.15, 0.2) is 36.4 Å². The molecule has 1 aliphatic rings. The lowest BCUT2D eigenvalue weighted by atomic mass is 9.93. The molecule has 1 aromatic heterocycles. The first kappa shape index (κ1) is 18.1. The van der Waals surface area contributed by atoms with Crippen molar-refractivity contribution in [2.24, 2.45) is 11.7 Å². The van der Waals surface area contributed by atoms with Crippen molar-refractivity contribution >= 4 is 11.8 Å². The molecule has 7 nitrogen and oxygen atoms in total. The van der Waals surface area contributed by atoms with Gasteiger partial charge in [0.05, 0.1) is 5.69 Å². The van der Waals surface area contributed by atoms with Crippen molar-refractivity contribution in [3.05, 3.63) is 47.8 Å². The first-order valence-electron chi connectivity index (χ1n) is 8.99. The van der Waals surface area contributed by atoms with Crippen LogP contribution in [0.5, 0.6) is 0 Å². The van der Waals surface area contributed by atoms with Crippen molar-refractivity contribution in [2.45, 2.75) is 19.3 Å². The normalized spacial score (nSPS) is 15.2. The fourth-order valence-electron chi connectivity index (χ4n) is 3.36. The number of primary amides is 1. The average Bonchev–Trinajstić information content (AvgIpc) is 3.13. The van der Waals surface area contributed by atoms with E-state index < -0.39 is 5.91 Å². The molecular formula is C19H25N5O2. The molecule has 0 unspecified atom stereocenters. The Morgan fingerprint density at radius 1 is 1.23 bits per heavy atom. The number of rotatable bonds is 6. The third kappa shape index (κ3) is 3.94. The van der Waals surface area contributed by atoms with Gasteiger partial charge >= 0.3 is 0 Å². The third-order valence-electron chi connectivity index (χ3n) is 4.89. The van der Waals surface area contributed by atoms with E-state index in [1.54, 1.807) is 0 Å². The Morgan fingerprint density at radius 2 is 1.92 bits per heavy atom. The molecule has 2 aromatic rings. The van der Waals surface area contributed by atoms with Gasteiger partial charge in [-0.1, -0.05) is 18.2 Å². The Kier molecular flexibility index (Phi) is 5.68. The summed E-state index contributed by atoms with van der Waals surface area (Å²) in [6.45, 7) is 2.44. The second-order valence-electron chi connectivity index (χ2n) is 6.65. The van der Waals surface area contributed by atoms with Gasteiger partial charge in [0.15, 0.2) is 5.69 Å². The topological polar surface area (TPSA) is 93.3 Å². The third-order valence-corrected chi connectivity index (χ3v) is 4.89. The molecule has 0 spiro atoms. The molecule has 2 amide bonds. The smallest absolute Gasteiger partial charge is 0.274 e. The Hall–Kier alpha value is -2.67. The number of carbonyl (C=O) groups excluding carboxylic acids is 2. The van der Waals surface area contributed by atoms with E-state index >= 15 is 0 Å². The summed E-state index contributed by atoms with van der Waals surface area (Å²) in [5, 5.41) is 7.53. The van der Waals surface area contributed by atoms with Crippen molar-refractivity contribution in [1.82, 2.24) is 20.0 Å². The van der Waals surface area contributed by atoms with Crippen LogP contribution in [0.1, 0.15) is 40.2 Å². The number of hydrogen-bond donors (Lipinski definition) is 2. The summed E-state index contributed by atoms with van der Waals surface area (Å²) in [4.78, 5) is 26.4. The zero-order valence-corrected chi connectivity index (χ0v) is 15.0. The highest BCUT2D eigenvalue weighted by Gasteiger charge is 2.26. The number of nitrogens with two attached hydrogens (primary N) is 1. The van der Waals surface area contributed by atoms with Crippen LogP contribution < -0.4 is 11.1 Å². The fraction of sp³-hybridized carbons (Fsp3) is 0.421. The number of aromatic nitrogens is 2. The Morgan fingerprint density at radius 3 is 2.54 bits per heavy atom. The largest absolute Gasteiger partial charge is 0.364 e. The van der Waals surface area contributed by atoms with Gasteiger partial charge in [0, 0.05) is 19.2 Å². The lowest BCUT2D eigenvalue weighted by Gasteiger charge is -2.31. The number of likely N-dealkylation sites (tertiary alicyclic amines) is 1. The molecule has 1 aromatic carbocycles. The number of nitrogens with zero attached hydrogens (tertiary/aromatic N) is 3. The van der Waals surface area contributed by atoms with Gasteiger partial charge in [-0.05, 0) is 50.9 Å². The molecule has 0 saturated carbocycles. The highest BCUT2D eigenvalue weighted by atomic mass is 16.2. The van der Waals surface area contributed by atoms with Crippen LogP contribution in [-0.2, 0) is 0 Å². The van der Waals surface area contributed by atoms with Crippen LogP contribution in [0.4, 0.5) is 0 Å². The van der Waals surface area contributed by atoms with Crippen LogP contribution >= 0.6 is 0 Å². The van der Waals surface area contributed by atoms with Crippen LogP contribution in [0.3, 0.4) is 0 Å². The second kappa shape index (κ2) is 8.14. The summed E-state index contributed by atoms with van der Waals surface area (Å²) in [5.74, 6) is -0.102. The van der Waals surface area contributed by atoms with Crippen molar-refractivity contribution in [2.75, 3.05) is 26.7 Å². The molecule has 2 heterocycles. The quantitative estimate of drug-likeness (QED) is 0.820. The van der Waals surface area contributed by atoms with E-state index in [0.29, 0.717) is 11.6 Å². The van der Waals surface area contributed by atoms with Crippen LogP contribution in [0.25, 0.3) is 5.69 Å². The van der Waals surface area contributed by atoms with E-state index in [9.17, 15) is 9.59 Å². The summed E-state index contributed by atoms with van der Waals surface area (Å²) in [5.41, 5.74) is 6.65. The Bertz CT molecular complexity index is 763. The van der Waals surface area contributed by atoms with Crippen molar-refractivity contribution in [3.63, 3.8) is 0 Å². The minimum Gasteiger partial charge on any atom is -0.364 e. The molecule has 1 aliphatic heterocycles. The Labute approximate surface area is 153 Å². The average molecular weight is 355 g/mol. The molecule has 138 valence electrons. The van der Waals surface area contributed by atoms with Gasteiger partial charge in [-0.15, -0.1) is 0 Å². The van der Waals surface area contributed by atoms with Crippen LogP contribution in [0.2, 0.25) is 0 Å². The number of piperidine rings is 1. The number of amides is 2. The standard InChI is InChI=1S/C19H25N5O2/c1-21-10-7-14-8-11-23(12-9-14)19(26)16-13-17(18(20)25)24(22-16)15-5-3-2-4-6-15/h2-6,13-14,21H,7-12H2,1H3,(H2,20,25). The van der Waals surface area contributed by atoms with E-state index in [2.05, 4.69) is 10.4 Å². The predicted molar refractivity (Wildman–Crippen MR) is 99.3 cm³/mol. The zero-order valence-electron chi connectivity index (χ0n) is 15.0. The van der Waals surface area contributed by atoms with Crippen LogP contribution in [0, 0.1) is 5.92 Å². The van der Waals surface area contributed by atoms with Gasteiger partial charge in [0.25, 0.3) is 11.8 Å². The molecule has 3 N–H and O–H groups in total. The van der Waals surface area contributed by atoms with Crippen molar-refractivity contribution < 1.29 is 9.59 Å². The highest BCUT2D eigenvalue weighted by molar-refractivity contribution is 5.97. The van der Waals surface area contributed by atoms with Gasteiger partial charge in [-0.25, -0.2) is 4.68 Å². The van der Waals surface area contributed by atoms with Gasteiger partial charge in [-0.3, -0.25) is 9.59 Å². The highest BCUT2D eigenvalue weighted by Crippen LogP contribution is 2.22. The predicted octanol–water partition coefficient (Wildman–Crippen LogP) is 1.43. The van der Waals surface area contributed by atoms with Gasteiger partial charge in [0.2, 0.25) is 0 Å². The number of benzene rings is 1. The maximum absolute atomic E-state index is 12.8. The minimum atomic E-state index is -0.605. The second-order valence-corrected chi connectivity index (χ2v) is 6.65. The maximum Gasteiger partial charge on any atom is 0.274 e. The van der Waals surface area contributed by atoms with E-state index in [0.717, 1.165) is 38.9 Å². The Balaban J connectivity index is 1.75. The molecular weight excluding hydrogens is 330 g/mol. The number of hydrogen-bond acceptors (Lipinski definition) is 4. The summed E-state index contributed by atoms with van der Waals surface area (Å²) >= 11 is 0. The summed E-state index contributed by atoms with van der Waals surface area (Å²) < 4.78 is 1.44. The molecule has 1 fully saturated rings. The number of para-hydroxylation sites is 1. The van der Waals surface area contributed by atoms with Crippen molar-refractivity contribution in [1.29, 1.82) is 0 Å². The van der Waals surface area contributed by atoms with E-state index in [1.165, 1.54) is 10.7 Å². The van der Waals surface area contributed by atoms with Gasteiger partial charge in [-0.2, -0.15) is 5.10 Å². The number of nitrogens with one attached hydrogen (secondary N) is 1. The van der Waals surface area contributed by atoms with E-state index in [-0.39, 0.29) is 17.3 Å². The fourth-order valence-corrected chi connectivity index (χ4v) is 3.36. The number of carbonyl (C=O) groups is 2. The van der Waals surface area contributed by atoms with E-state index in [1.807, 2.05) is 42.3 Å². The molecule has 7 heteroatoms. The first-order chi connectivity index (χ1) is 12.6. The lowest BCUT2D eigenvalue weighted by molar-refractivity contribution is 0.0680. The summed E-state index contributed by atoms with van der Waals surface area (Å²) in [6.07, 6.45) is 3.12. The van der Waals surface area contributed by atoms with Crippen molar-refractivity contribution in [3.8, 4) is 5.69 Å². The summed E-state index contributed by atoms with van der Waals surface area (Å²) in [7, 11) is 1.96. The monoisotopic (exact) mass is 355 g/mol. The van der Waals surface area contributed by atoms with Gasteiger partial charge in [0.1, 0.15) is 5.69 Å². The van der Waals surface area contributed by atoms with Gasteiger partial charge < -0.3 is 16.0 Å². The van der Waals surface area contributed by atoms with E-state index in [4.69, 9.17) is 5.73 Å². The minimum absolute atomic E-state index is 0.144. The molecule has 3 rings (SSSR count). The SMILES string of the molecule is CNCCC1CCN(C(=O)c2cc(C(N)=O)n(-c3ccccc3)n2)CC1. The molecule has 26 heavy (non-hydrogen) atoms. The molecule has 0 aliphatic carbocycles. The molecule has 0 radical (unpaired) electrons. The maximum atomic E-state index is 12.8.